The summed E-state index contributed by atoms with van der Waals surface area (Å²) in [5, 5.41) is 0.613. The van der Waals surface area contributed by atoms with E-state index >= 15 is 0 Å². The summed E-state index contributed by atoms with van der Waals surface area (Å²) in [5.41, 5.74) is -0.491. The standard InChI is InChI=1S/C11H14NO2.Li/c1-11(2,3)14-10(13)12-9-7-5-4-6-8-9;/h4-8H,1-3H3;/q-1;+1/i4+1,5+1,6+1,7+1,8+1,9+1;. The summed E-state index contributed by atoms with van der Waals surface area (Å²) in [6.07, 6.45) is -0.552. The molecule has 1 amide bonds. The zero-order valence-corrected chi connectivity index (χ0v) is 9.65. The molecule has 0 aromatic heterocycles. The molecule has 1 rings (SSSR count). The van der Waals surface area contributed by atoms with Crippen LogP contribution >= 0.6 is 0 Å². The second kappa shape index (κ2) is 5.84. The Bertz CT molecular complexity index is 359. The van der Waals surface area contributed by atoms with E-state index in [1.54, 1.807) is 12.1 Å². The van der Waals surface area contributed by atoms with Gasteiger partial charge in [0.1, 0.15) is 5.60 Å². The van der Waals surface area contributed by atoms with Crippen molar-refractivity contribution in [3.8, 4) is 0 Å². The van der Waals surface area contributed by atoms with Gasteiger partial charge in [0.25, 0.3) is 0 Å². The van der Waals surface area contributed by atoms with E-state index in [4.69, 9.17) is 4.74 Å². The van der Waals surface area contributed by atoms with Crippen molar-refractivity contribution in [2.45, 2.75) is 26.4 Å². The largest absolute Gasteiger partial charge is 1.00 e. The van der Waals surface area contributed by atoms with E-state index in [1.807, 2.05) is 39.0 Å². The van der Waals surface area contributed by atoms with Crippen LogP contribution in [0.4, 0.5) is 4.79 Å². The number of para-hydroxylation sites is 1. The van der Waals surface area contributed by atoms with Crippen LogP contribution in [0.5, 0.6) is 0 Å². The summed E-state index contributed by atoms with van der Waals surface area (Å²) in [7, 11) is 0. The van der Waals surface area contributed by atoms with Gasteiger partial charge in [0.05, 0.1) is 0 Å². The Morgan fingerprint density at radius 2 is 2.07 bits per heavy atom. The molecule has 0 aliphatic rings. The second-order valence-corrected chi connectivity index (χ2v) is 3.93. The maximum Gasteiger partial charge on any atom is 1.00 e. The van der Waals surface area contributed by atoms with Crippen molar-refractivity contribution in [1.29, 1.82) is 0 Å². The second-order valence-electron chi connectivity index (χ2n) is 3.93. The van der Waals surface area contributed by atoms with Crippen molar-refractivity contribution >= 4 is 6.09 Å². The van der Waals surface area contributed by atoms with Gasteiger partial charge in [-0.05, 0) is 26.1 Å². The molecule has 0 aliphatic heterocycles. The molecule has 1 aromatic carbocycles. The quantitative estimate of drug-likeness (QED) is 0.412. The average molecular weight is 205 g/mol. The molecule has 3 nitrogen and oxygen atoms in total. The minimum Gasteiger partial charge on any atom is -0.442 e. The number of rotatable bonds is 0. The summed E-state index contributed by atoms with van der Waals surface area (Å²) in [4.78, 5) is 15.0. The number of amides is 1. The molecular formula is C11H14LiNO2. The fraction of sp³-hybridized carbons (Fsp3) is 0.364. The molecule has 0 N–H and O–H groups in total. The molecule has 0 spiro atoms. The molecule has 0 atom stereocenters. The Morgan fingerprint density at radius 1 is 1.40 bits per heavy atom. The molecule has 1 aromatic rings. The van der Waals surface area contributed by atoms with Crippen molar-refractivity contribution in [3.63, 3.8) is 0 Å². The topological polar surface area (TPSA) is 38.7 Å². The van der Waals surface area contributed by atoms with Gasteiger partial charge in [0.2, 0.25) is 0 Å². The van der Waals surface area contributed by atoms with Gasteiger partial charge in [-0.1, -0.05) is 0 Å². The zero-order valence-electron chi connectivity index (χ0n) is 9.65. The monoisotopic (exact) mass is 205 g/mol. The normalized spacial score (nSPS) is 10.1. The predicted molar refractivity (Wildman–Crippen MR) is 53.8 cm³/mol. The van der Waals surface area contributed by atoms with Crippen LogP contribution in [-0.2, 0) is 4.74 Å². The Balaban J connectivity index is 0.00000196. The van der Waals surface area contributed by atoms with Gasteiger partial charge in [-0.25, -0.2) is 9.79 Å². The molecule has 0 radical (unpaired) electrons. The summed E-state index contributed by atoms with van der Waals surface area (Å²) >= 11 is 0. The molecule has 0 saturated heterocycles. The van der Waals surface area contributed by atoms with E-state index in [0.29, 0.717) is 5.36 Å². The Kier molecular flexibility index (Phi) is 5.49. The van der Waals surface area contributed by atoms with E-state index in [0.717, 1.165) is 0 Å². The third-order valence-corrected chi connectivity index (χ3v) is 1.37. The minimum atomic E-state index is -0.552. The molecule has 0 fully saturated rings. The number of hydrogen-bond donors (Lipinski definition) is 0. The summed E-state index contributed by atoms with van der Waals surface area (Å²) in [5.74, 6) is 0. The van der Waals surface area contributed by atoms with E-state index in [-0.39, 0.29) is 18.9 Å². The molecule has 0 aliphatic carbocycles. The average Bonchev–Trinajstić information content (AvgIpc) is 2.02. The number of ether oxygens (including phenoxy) is 1. The van der Waals surface area contributed by atoms with Gasteiger partial charge >= 0.3 is 25.0 Å². The van der Waals surface area contributed by atoms with E-state index in [2.05, 4.69) is 4.99 Å². The number of nitrogens with zero attached hydrogens (tertiary/aromatic N) is 1. The Morgan fingerprint density at radius 3 is 2.53 bits per heavy atom. The number of hydrogen-bond acceptors (Lipinski definition) is 2. The molecular weight excluding hydrogens is 191 g/mol. The Hall–Kier alpha value is -0.913. The smallest absolute Gasteiger partial charge is 0.442 e. The fourth-order valence-electron chi connectivity index (χ4n) is 0.893. The first-order chi connectivity index (χ1) is 6.47. The summed E-state index contributed by atoms with van der Waals surface area (Å²) in [6.45, 7) is 5.43. The van der Waals surface area contributed by atoms with Crippen molar-refractivity contribution in [1.82, 2.24) is 0 Å². The third kappa shape index (κ3) is 6.22. The first-order valence-corrected chi connectivity index (χ1v) is 4.47. The van der Waals surface area contributed by atoms with Crippen LogP contribution < -0.4 is 24.2 Å². The van der Waals surface area contributed by atoms with Gasteiger partial charge in [-0.15, -0.1) is 12.1 Å². The number of carbonyl (C=O) groups is 1. The van der Waals surface area contributed by atoms with Crippen LogP contribution in [-0.4, -0.2) is 11.7 Å². The van der Waals surface area contributed by atoms with Crippen molar-refractivity contribution in [3.05, 3.63) is 35.7 Å². The molecule has 0 saturated carbocycles. The van der Waals surface area contributed by atoms with Gasteiger partial charge in [-0.3, -0.25) is 0 Å². The zero-order chi connectivity index (χ0) is 10.6. The van der Waals surface area contributed by atoms with Gasteiger partial charge in [0, 0.05) is 0 Å². The van der Waals surface area contributed by atoms with Crippen LogP contribution in [0.2, 0.25) is 0 Å². The van der Waals surface area contributed by atoms with Crippen LogP contribution in [0.1, 0.15) is 20.8 Å². The maximum atomic E-state index is 11.2. The SMILES string of the molecule is CC(C)(C)OC(=O)N=[13c]1[13cH][13cH][13cH][13cH][13cH-]1.[Li+]. The molecule has 76 valence electrons. The van der Waals surface area contributed by atoms with Crippen molar-refractivity contribution in [2.75, 3.05) is 0 Å². The van der Waals surface area contributed by atoms with E-state index in [1.165, 1.54) is 0 Å². The van der Waals surface area contributed by atoms with Crippen molar-refractivity contribution in [2.24, 2.45) is 4.99 Å². The molecule has 0 bridgehead atoms. The molecule has 0 unspecified atom stereocenters. The molecule has 15 heavy (non-hydrogen) atoms. The van der Waals surface area contributed by atoms with Crippen molar-refractivity contribution < 1.29 is 28.4 Å². The first-order valence-electron chi connectivity index (χ1n) is 4.47. The van der Waals surface area contributed by atoms with Crippen LogP contribution in [0.15, 0.2) is 35.3 Å². The van der Waals surface area contributed by atoms with Gasteiger partial charge in [-0.2, -0.15) is 18.2 Å². The van der Waals surface area contributed by atoms with Crippen LogP contribution in [0, 0.1) is 0 Å². The summed E-state index contributed by atoms with van der Waals surface area (Å²) in [6, 6.07) is 9.02. The molecule has 0 heterocycles. The number of benzene rings is 1. The van der Waals surface area contributed by atoms with Crippen LogP contribution in [0.3, 0.4) is 0 Å². The third-order valence-electron chi connectivity index (χ3n) is 1.37. The van der Waals surface area contributed by atoms with Crippen LogP contribution in [0.25, 0.3) is 0 Å². The fourth-order valence-corrected chi connectivity index (χ4v) is 0.893. The molecule has 4 heteroatoms. The predicted octanol–water partition coefficient (Wildman–Crippen LogP) is -0.755. The summed E-state index contributed by atoms with van der Waals surface area (Å²) < 4.78 is 5.04. The van der Waals surface area contributed by atoms with E-state index in [9.17, 15) is 4.79 Å². The Labute approximate surface area is 102 Å². The first kappa shape index (κ1) is 14.1. The van der Waals surface area contributed by atoms with Gasteiger partial charge in [0.15, 0.2) is 0 Å². The van der Waals surface area contributed by atoms with Gasteiger partial charge < -0.3 is 4.74 Å². The maximum absolute atomic E-state index is 11.2. The number of carbonyl (C=O) groups excluding carboxylic acids is 1. The van der Waals surface area contributed by atoms with E-state index < -0.39 is 11.7 Å². The minimum absolute atomic E-state index is 0.